The number of ether oxygens (including phenoxy) is 1. The van der Waals surface area contributed by atoms with Gasteiger partial charge in [0.05, 0.1) is 0 Å². The number of hydrogen-bond acceptors (Lipinski definition) is 3. The lowest BCUT2D eigenvalue weighted by atomic mass is 10.2. The average Bonchev–Trinajstić information content (AvgIpc) is 1.98. The normalized spacial score (nSPS) is 18.9. The Labute approximate surface area is 53.4 Å². The Morgan fingerprint density at radius 1 is 1.00 bits per heavy atom. The van der Waals surface area contributed by atoms with Gasteiger partial charge in [0.25, 0.3) is 0 Å². The second-order valence-corrected chi connectivity index (χ2v) is 2.01. The smallest absolute Gasteiger partial charge is 0.217 e. The van der Waals surface area contributed by atoms with Gasteiger partial charge < -0.3 is 4.74 Å². The summed E-state index contributed by atoms with van der Waals surface area (Å²) in [4.78, 5) is 0. The van der Waals surface area contributed by atoms with Gasteiger partial charge in [-0.2, -0.15) is 0 Å². The summed E-state index contributed by atoms with van der Waals surface area (Å²) in [5.74, 6) is 0.218. The molecule has 2 N–H and O–H groups in total. The molecular weight excluding hydrogens is 116 g/mol. The van der Waals surface area contributed by atoms with Crippen LogP contribution in [0.15, 0.2) is 11.1 Å². The molecule has 0 radical (unpaired) electrons. The molecule has 0 saturated heterocycles. The van der Waals surface area contributed by atoms with Crippen LogP contribution in [-0.2, 0) is 4.74 Å². The van der Waals surface area contributed by atoms with Gasteiger partial charge in [-0.25, -0.2) is 0 Å². The third-order valence-electron chi connectivity index (χ3n) is 1.45. The third-order valence-corrected chi connectivity index (χ3v) is 1.45. The first-order valence-corrected chi connectivity index (χ1v) is 2.66. The Morgan fingerprint density at radius 3 is 1.44 bits per heavy atom. The molecule has 0 spiro atoms. The molecule has 0 saturated carbocycles. The van der Waals surface area contributed by atoms with Gasteiger partial charge in [0.1, 0.15) is 0 Å². The maximum Gasteiger partial charge on any atom is 0.217 e. The van der Waals surface area contributed by atoms with Crippen molar-refractivity contribution >= 4 is 11.8 Å². The van der Waals surface area contributed by atoms with Gasteiger partial charge in [0, 0.05) is 11.1 Å². The van der Waals surface area contributed by atoms with Gasteiger partial charge in [-0.1, -0.05) is 0 Å². The summed E-state index contributed by atoms with van der Waals surface area (Å²) in [7, 11) is 0. The molecule has 0 aromatic heterocycles. The number of nitrogens with one attached hydrogen (secondary N) is 2. The van der Waals surface area contributed by atoms with E-state index in [1.165, 1.54) is 0 Å². The Balaban J connectivity index is 3.06. The van der Waals surface area contributed by atoms with E-state index in [0.29, 0.717) is 0 Å². The SMILES string of the molecule is CC1=C(C)C(=N)OC1=N. The summed E-state index contributed by atoms with van der Waals surface area (Å²) in [5, 5.41) is 14.2. The van der Waals surface area contributed by atoms with Crippen LogP contribution in [0, 0.1) is 10.8 Å². The molecule has 3 nitrogen and oxygen atoms in total. The molecule has 3 heteroatoms. The second kappa shape index (κ2) is 1.69. The quantitative estimate of drug-likeness (QED) is 0.502. The number of rotatable bonds is 0. The topological polar surface area (TPSA) is 56.9 Å². The molecule has 0 fully saturated rings. The summed E-state index contributed by atoms with van der Waals surface area (Å²) in [6, 6.07) is 0. The van der Waals surface area contributed by atoms with Crippen LogP contribution in [0.4, 0.5) is 0 Å². The molecule has 1 rings (SSSR count). The molecule has 48 valence electrons. The fourth-order valence-corrected chi connectivity index (χ4v) is 0.596. The first kappa shape index (κ1) is 6.01. The van der Waals surface area contributed by atoms with Gasteiger partial charge in [-0.15, -0.1) is 0 Å². The molecule has 9 heavy (non-hydrogen) atoms. The molecule has 0 atom stereocenters. The lowest BCUT2D eigenvalue weighted by Crippen LogP contribution is -1.98. The molecule has 1 aliphatic heterocycles. The fourth-order valence-electron chi connectivity index (χ4n) is 0.596. The van der Waals surface area contributed by atoms with E-state index in [9.17, 15) is 0 Å². The summed E-state index contributed by atoms with van der Waals surface area (Å²) in [5.41, 5.74) is 1.53. The maximum absolute atomic E-state index is 7.09. The lowest BCUT2D eigenvalue weighted by molar-refractivity contribution is 0.549. The Hall–Kier alpha value is -1.12. The summed E-state index contributed by atoms with van der Waals surface area (Å²) in [6.07, 6.45) is 0. The third kappa shape index (κ3) is 0.740. The van der Waals surface area contributed by atoms with Crippen molar-refractivity contribution in [1.29, 1.82) is 10.8 Å². The maximum atomic E-state index is 7.09. The van der Waals surface area contributed by atoms with Gasteiger partial charge in [0.2, 0.25) is 11.8 Å². The first-order chi connectivity index (χ1) is 4.13. The second-order valence-electron chi connectivity index (χ2n) is 2.01. The van der Waals surface area contributed by atoms with Crippen LogP contribution in [0.1, 0.15) is 13.8 Å². The monoisotopic (exact) mass is 124 g/mol. The van der Waals surface area contributed by atoms with E-state index in [0.717, 1.165) is 11.1 Å². The minimum absolute atomic E-state index is 0.109. The van der Waals surface area contributed by atoms with E-state index in [4.69, 9.17) is 10.8 Å². The van der Waals surface area contributed by atoms with Crippen LogP contribution < -0.4 is 0 Å². The van der Waals surface area contributed by atoms with Crippen molar-refractivity contribution in [3.63, 3.8) is 0 Å². The van der Waals surface area contributed by atoms with Gasteiger partial charge in [-0.3, -0.25) is 10.8 Å². The van der Waals surface area contributed by atoms with Crippen LogP contribution >= 0.6 is 0 Å². The highest BCUT2D eigenvalue weighted by Gasteiger charge is 2.19. The van der Waals surface area contributed by atoms with Crippen molar-refractivity contribution in [2.24, 2.45) is 0 Å². The van der Waals surface area contributed by atoms with E-state index < -0.39 is 0 Å². The van der Waals surface area contributed by atoms with Crippen molar-refractivity contribution < 1.29 is 4.74 Å². The fraction of sp³-hybridized carbons (Fsp3) is 0.333. The highest BCUT2D eigenvalue weighted by atomic mass is 16.5. The van der Waals surface area contributed by atoms with Crippen LogP contribution in [-0.4, -0.2) is 11.8 Å². The zero-order valence-corrected chi connectivity index (χ0v) is 5.41. The van der Waals surface area contributed by atoms with E-state index >= 15 is 0 Å². The highest BCUT2D eigenvalue weighted by molar-refractivity contribution is 6.13. The molecule has 0 unspecified atom stereocenters. The lowest BCUT2D eigenvalue weighted by Gasteiger charge is -1.91. The zero-order valence-electron chi connectivity index (χ0n) is 5.41. The molecule has 0 aromatic rings. The van der Waals surface area contributed by atoms with Crippen molar-refractivity contribution in [3.05, 3.63) is 11.1 Å². The average molecular weight is 124 g/mol. The van der Waals surface area contributed by atoms with Crippen LogP contribution in [0.3, 0.4) is 0 Å². The predicted molar refractivity (Wildman–Crippen MR) is 34.9 cm³/mol. The Morgan fingerprint density at radius 2 is 1.33 bits per heavy atom. The van der Waals surface area contributed by atoms with Crippen molar-refractivity contribution in [2.75, 3.05) is 0 Å². The van der Waals surface area contributed by atoms with E-state index in [1.807, 2.05) is 0 Å². The zero-order chi connectivity index (χ0) is 7.02. The van der Waals surface area contributed by atoms with Gasteiger partial charge >= 0.3 is 0 Å². The van der Waals surface area contributed by atoms with Crippen molar-refractivity contribution in [3.8, 4) is 0 Å². The molecule has 0 amide bonds. The van der Waals surface area contributed by atoms with Gasteiger partial charge in [-0.05, 0) is 13.8 Å². The molecule has 0 aromatic carbocycles. The van der Waals surface area contributed by atoms with Crippen LogP contribution in [0.2, 0.25) is 0 Å². The van der Waals surface area contributed by atoms with E-state index in [1.54, 1.807) is 13.8 Å². The molecule has 0 bridgehead atoms. The Bertz CT molecular complexity index is 193. The minimum atomic E-state index is 0.109. The number of hydrogen-bond donors (Lipinski definition) is 2. The molecule has 1 heterocycles. The largest absolute Gasteiger partial charge is 0.421 e. The molecular formula is C6H8N2O. The van der Waals surface area contributed by atoms with Crippen LogP contribution in [0.5, 0.6) is 0 Å². The van der Waals surface area contributed by atoms with Gasteiger partial charge in [0.15, 0.2) is 0 Å². The predicted octanol–water partition coefficient (Wildman–Crippen LogP) is 1.31. The van der Waals surface area contributed by atoms with Crippen molar-refractivity contribution in [2.45, 2.75) is 13.8 Å². The summed E-state index contributed by atoms with van der Waals surface area (Å²) in [6.45, 7) is 3.55. The first-order valence-electron chi connectivity index (χ1n) is 2.66. The highest BCUT2D eigenvalue weighted by Crippen LogP contribution is 2.15. The van der Waals surface area contributed by atoms with Crippen molar-refractivity contribution in [1.82, 2.24) is 0 Å². The standard InChI is InChI=1S/C6H8N2O/c1-3-4(2)6(8)9-5(3)7/h7-8H,1-2H3. The summed E-state index contributed by atoms with van der Waals surface area (Å²) >= 11 is 0. The van der Waals surface area contributed by atoms with Crippen LogP contribution in [0.25, 0.3) is 0 Å². The Kier molecular flexibility index (Phi) is 1.12. The van der Waals surface area contributed by atoms with E-state index in [-0.39, 0.29) is 11.8 Å². The molecule has 1 aliphatic rings. The summed E-state index contributed by atoms with van der Waals surface area (Å²) < 4.78 is 4.68. The van der Waals surface area contributed by atoms with E-state index in [2.05, 4.69) is 4.74 Å². The minimum Gasteiger partial charge on any atom is -0.421 e. The molecule has 0 aliphatic carbocycles.